The van der Waals surface area contributed by atoms with E-state index in [-0.39, 0.29) is 12.2 Å². The highest BCUT2D eigenvalue weighted by Crippen LogP contribution is 2.59. The molecule has 2 aromatic heterocycles. The van der Waals surface area contributed by atoms with E-state index < -0.39 is 32.2 Å². The third-order valence-corrected chi connectivity index (χ3v) is 10.6. The van der Waals surface area contributed by atoms with Gasteiger partial charge in [-0.1, -0.05) is 102 Å². The minimum absolute atomic E-state index is 0.0515. The Bertz CT molecular complexity index is 2540. The third-order valence-electron chi connectivity index (χ3n) is 9.13. The molecule has 53 heavy (non-hydrogen) atoms. The van der Waals surface area contributed by atoms with E-state index in [1.54, 1.807) is 25.1 Å². The summed E-state index contributed by atoms with van der Waals surface area (Å²) in [4.78, 5) is 42.3. The molecule has 0 saturated heterocycles. The minimum atomic E-state index is -5.76. The van der Waals surface area contributed by atoms with Crippen molar-refractivity contribution in [3.05, 3.63) is 155 Å². The maximum atomic E-state index is 14.6. The van der Waals surface area contributed by atoms with Gasteiger partial charge < -0.3 is 14.3 Å². The standard InChI is InChI=1S/C38H32F2N4O7P2/c1-25-11-16-29-21-30(22-35(36(29)41-25)51-53(48,49)50)28-17-12-26(13-18-28)23-37(31-7-3-2-4-8-31,44-34-10-6-5-9-33(34)42-43-44)24-27-14-19-32(20-15-27)38(39,40)52(45,46)47/h2-22H,23-24H2,1H3,(H2,45,46,47)(H2,48,49,50). The zero-order valence-electron chi connectivity index (χ0n) is 28.0. The van der Waals surface area contributed by atoms with Gasteiger partial charge in [-0.2, -0.15) is 8.78 Å². The number of benzene rings is 5. The van der Waals surface area contributed by atoms with E-state index in [0.717, 1.165) is 34.3 Å². The molecule has 0 fully saturated rings. The number of para-hydroxylation sites is 1. The largest absolute Gasteiger partial charge is 0.524 e. The lowest BCUT2D eigenvalue weighted by Gasteiger charge is -2.36. The average molecular weight is 757 g/mol. The number of hydrogen-bond donors (Lipinski definition) is 4. The van der Waals surface area contributed by atoms with Crippen LogP contribution < -0.4 is 4.52 Å². The fraction of sp³-hybridized carbons (Fsp3) is 0.132. The van der Waals surface area contributed by atoms with Crippen molar-refractivity contribution >= 4 is 37.4 Å². The number of nitrogens with zero attached hydrogens (tertiary/aromatic N) is 4. The highest BCUT2D eigenvalue weighted by atomic mass is 31.2. The molecular formula is C38H32F2N4O7P2. The molecule has 15 heteroatoms. The van der Waals surface area contributed by atoms with Gasteiger partial charge in [0.05, 0.1) is 11.1 Å². The van der Waals surface area contributed by atoms with Crippen LogP contribution in [0, 0.1) is 6.92 Å². The van der Waals surface area contributed by atoms with E-state index in [0.29, 0.717) is 39.7 Å². The van der Waals surface area contributed by atoms with Crippen LogP contribution in [0.3, 0.4) is 0 Å². The van der Waals surface area contributed by atoms with E-state index in [4.69, 9.17) is 4.52 Å². The molecule has 270 valence electrons. The van der Waals surface area contributed by atoms with Gasteiger partial charge >= 0.3 is 21.1 Å². The number of rotatable bonds is 11. The highest BCUT2D eigenvalue weighted by Gasteiger charge is 2.50. The molecule has 1 atom stereocenters. The van der Waals surface area contributed by atoms with Gasteiger partial charge in [0, 0.05) is 29.5 Å². The highest BCUT2D eigenvalue weighted by molar-refractivity contribution is 7.52. The molecule has 7 rings (SSSR count). The normalized spacial score (nSPS) is 13.6. The van der Waals surface area contributed by atoms with E-state index in [1.165, 1.54) is 12.1 Å². The summed E-state index contributed by atoms with van der Waals surface area (Å²) >= 11 is 0. The second-order valence-electron chi connectivity index (χ2n) is 12.8. The first-order valence-corrected chi connectivity index (χ1v) is 19.4. The van der Waals surface area contributed by atoms with Crippen LogP contribution in [0.2, 0.25) is 0 Å². The second-order valence-corrected chi connectivity index (χ2v) is 15.6. The van der Waals surface area contributed by atoms with Gasteiger partial charge in [0.25, 0.3) is 0 Å². The molecular weight excluding hydrogens is 724 g/mol. The topological polar surface area (TPSA) is 168 Å². The van der Waals surface area contributed by atoms with Crippen molar-refractivity contribution in [2.45, 2.75) is 31.0 Å². The van der Waals surface area contributed by atoms with Gasteiger partial charge in [-0.3, -0.25) is 14.4 Å². The summed E-state index contributed by atoms with van der Waals surface area (Å²) in [6, 6.07) is 36.6. The average Bonchev–Trinajstić information content (AvgIpc) is 3.56. The molecule has 5 aromatic carbocycles. The van der Waals surface area contributed by atoms with E-state index in [9.17, 15) is 37.5 Å². The maximum Gasteiger partial charge on any atom is 0.524 e. The Kier molecular flexibility index (Phi) is 9.36. The molecule has 11 nitrogen and oxygen atoms in total. The van der Waals surface area contributed by atoms with Crippen molar-refractivity contribution in [1.29, 1.82) is 0 Å². The number of aromatic nitrogens is 4. The summed E-state index contributed by atoms with van der Waals surface area (Å²) in [6.07, 6.45) is 0.576. The van der Waals surface area contributed by atoms with Crippen LogP contribution in [0.4, 0.5) is 8.78 Å². The minimum Gasteiger partial charge on any atom is -0.402 e. The zero-order chi connectivity index (χ0) is 37.6. The molecule has 0 aliphatic heterocycles. The maximum absolute atomic E-state index is 14.6. The molecule has 0 aliphatic rings. The monoisotopic (exact) mass is 756 g/mol. The summed E-state index contributed by atoms with van der Waals surface area (Å²) < 4.78 is 59.5. The first kappa shape index (κ1) is 36.2. The fourth-order valence-corrected chi connectivity index (χ4v) is 7.50. The van der Waals surface area contributed by atoms with Crippen molar-refractivity contribution in [3.63, 3.8) is 0 Å². The molecule has 0 spiro atoms. The predicted octanol–water partition coefficient (Wildman–Crippen LogP) is 7.88. The van der Waals surface area contributed by atoms with Crippen LogP contribution in [-0.4, -0.2) is 39.6 Å². The molecule has 4 N–H and O–H groups in total. The number of hydrogen-bond acceptors (Lipinski definition) is 6. The smallest absolute Gasteiger partial charge is 0.402 e. The number of fused-ring (bicyclic) bond motifs is 2. The first-order chi connectivity index (χ1) is 25.1. The van der Waals surface area contributed by atoms with E-state index in [2.05, 4.69) is 15.3 Å². The second kappa shape index (κ2) is 13.7. The van der Waals surface area contributed by atoms with Crippen molar-refractivity contribution in [2.75, 3.05) is 0 Å². The Labute approximate surface area is 301 Å². The Morgan fingerprint density at radius 3 is 1.98 bits per heavy atom. The number of alkyl halides is 2. The lowest BCUT2D eigenvalue weighted by atomic mass is 9.78. The van der Waals surface area contributed by atoms with Crippen LogP contribution in [0.25, 0.3) is 33.1 Å². The quantitative estimate of drug-likeness (QED) is 0.0954. The number of halogens is 2. The van der Waals surface area contributed by atoms with Gasteiger partial charge in [0.1, 0.15) is 11.0 Å². The summed E-state index contributed by atoms with van der Waals surface area (Å²) in [5.74, 6) is -0.0515. The Morgan fingerprint density at radius 2 is 1.34 bits per heavy atom. The van der Waals surface area contributed by atoms with Crippen molar-refractivity contribution < 1.29 is 42.0 Å². The van der Waals surface area contributed by atoms with E-state index >= 15 is 0 Å². The number of phosphoric acid groups is 1. The van der Waals surface area contributed by atoms with Gasteiger partial charge in [0.2, 0.25) is 0 Å². The Morgan fingerprint density at radius 1 is 0.717 bits per heavy atom. The lowest BCUT2D eigenvalue weighted by molar-refractivity contribution is 0.0564. The molecule has 0 aliphatic carbocycles. The lowest BCUT2D eigenvalue weighted by Crippen LogP contribution is -2.40. The first-order valence-electron chi connectivity index (χ1n) is 16.3. The molecule has 7 aromatic rings. The summed E-state index contributed by atoms with van der Waals surface area (Å²) in [7, 11) is -10.7. The van der Waals surface area contributed by atoms with Gasteiger partial charge in [-0.15, -0.1) is 5.10 Å². The predicted molar refractivity (Wildman–Crippen MR) is 195 cm³/mol. The SMILES string of the molecule is Cc1ccc2cc(-c3ccc(CC(Cc4ccc(C(F)(F)P(=O)(O)O)cc4)(c4ccccc4)n4nnc5ccccc54)cc3)cc(OP(=O)(O)O)c2n1. The van der Waals surface area contributed by atoms with Crippen molar-refractivity contribution in [2.24, 2.45) is 0 Å². The molecule has 0 saturated carbocycles. The molecule has 2 heterocycles. The molecule has 1 unspecified atom stereocenters. The Balaban J connectivity index is 1.33. The number of aryl methyl sites for hydroxylation is 1. The summed E-state index contributed by atoms with van der Waals surface area (Å²) in [5, 5.41) is 9.69. The van der Waals surface area contributed by atoms with Crippen LogP contribution in [-0.2, 0) is 33.2 Å². The molecule has 0 radical (unpaired) electrons. The zero-order valence-corrected chi connectivity index (χ0v) is 29.8. The van der Waals surface area contributed by atoms with Crippen LogP contribution in [0.1, 0.15) is 27.9 Å². The van der Waals surface area contributed by atoms with Crippen LogP contribution in [0.5, 0.6) is 5.75 Å². The summed E-state index contributed by atoms with van der Waals surface area (Å²) in [6.45, 7) is 1.77. The van der Waals surface area contributed by atoms with Crippen molar-refractivity contribution in [3.8, 4) is 16.9 Å². The fourth-order valence-electron chi connectivity index (χ4n) is 6.62. The summed E-state index contributed by atoms with van der Waals surface area (Å²) in [5.41, 5.74) is -0.0765. The third kappa shape index (κ3) is 7.28. The van der Waals surface area contributed by atoms with E-state index in [1.807, 2.05) is 89.6 Å². The van der Waals surface area contributed by atoms with Gasteiger partial charge in [0.15, 0.2) is 5.75 Å². The molecule has 0 amide bonds. The van der Waals surface area contributed by atoms with Crippen LogP contribution >= 0.6 is 15.4 Å². The molecule has 0 bridgehead atoms. The van der Waals surface area contributed by atoms with Crippen molar-refractivity contribution in [1.82, 2.24) is 20.0 Å². The Hall–Kier alpha value is -5.13. The number of phosphoric ester groups is 1. The number of pyridine rings is 1. The van der Waals surface area contributed by atoms with Crippen LogP contribution in [0.15, 0.2) is 127 Å². The van der Waals surface area contributed by atoms with Gasteiger partial charge in [-0.05, 0) is 65.1 Å². The van der Waals surface area contributed by atoms with Gasteiger partial charge in [-0.25, -0.2) is 14.2 Å².